The maximum Gasteiger partial charge on any atom is 1.00 e. The first kappa shape index (κ1) is 19.9. The SMILES string of the molecule is Cc1nn2c([O-])cc(-c3ccc(C#N)nc3)nc2c1-c1ccc(F)cc1F.[Na+]. The van der Waals surface area contributed by atoms with Crippen molar-refractivity contribution in [3.8, 4) is 34.3 Å². The zero-order chi connectivity index (χ0) is 19.1. The molecule has 0 amide bonds. The summed E-state index contributed by atoms with van der Waals surface area (Å²) in [6, 6.07) is 9.51. The van der Waals surface area contributed by atoms with Gasteiger partial charge in [0.05, 0.1) is 17.0 Å². The van der Waals surface area contributed by atoms with Crippen molar-refractivity contribution in [1.29, 1.82) is 5.26 Å². The number of rotatable bonds is 2. The largest absolute Gasteiger partial charge is 1.00 e. The van der Waals surface area contributed by atoms with Crippen LogP contribution in [0.15, 0.2) is 42.6 Å². The van der Waals surface area contributed by atoms with E-state index in [-0.39, 0.29) is 46.5 Å². The molecule has 132 valence electrons. The molecule has 4 aromatic rings. The predicted molar refractivity (Wildman–Crippen MR) is 90.5 cm³/mol. The van der Waals surface area contributed by atoms with E-state index in [2.05, 4.69) is 15.1 Å². The van der Waals surface area contributed by atoms with Crippen molar-refractivity contribution >= 4 is 5.65 Å². The molecule has 0 spiro atoms. The van der Waals surface area contributed by atoms with Gasteiger partial charge in [-0.3, -0.25) is 0 Å². The summed E-state index contributed by atoms with van der Waals surface area (Å²) in [5.41, 5.74) is 2.03. The molecule has 1 aromatic carbocycles. The second-order valence-electron chi connectivity index (χ2n) is 5.84. The van der Waals surface area contributed by atoms with E-state index in [1.165, 1.54) is 24.4 Å². The molecule has 0 N–H and O–H groups in total. The summed E-state index contributed by atoms with van der Waals surface area (Å²) in [4.78, 5) is 8.41. The number of hydrogen-bond donors (Lipinski definition) is 0. The average molecular weight is 385 g/mol. The number of nitrogens with zero attached hydrogens (tertiary/aromatic N) is 5. The zero-order valence-electron chi connectivity index (χ0n) is 14.9. The Morgan fingerprint density at radius 1 is 1.14 bits per heavy atom. The molecule has 0 bridgehead atoms. The third-order valence-corrected chi connectivity index (χ3v) is 4.11. The fourth-order valence-electron chi connectivity index (χ4n) is 2.86. The van der Waals surface area contributed by atoms with Crippen LogP contribution in [0.4, 0.5) is 8.78 Å². The zero-order valence-corrected chi connectivity index (χ0v) is 16.9. The van der Waals surface area contributed by atoms with E-state index in [1.54, 1.807) is 13.0 Å². The van der Waals surface area contributed by atoms with Crippen LogP contribution in [0.1, 0.15) is 11.4 Å². The van der Waals surface area contributed by atoms with Gasteiger partial charge in [0.25, 0.3) is 0 Å². The van der Waals surface area contributed by atoms with Crippen molar-refractivity contribution in [3.05, 3.63) is 65.6 Å². The number of hydrogen-bond acceptors (Lipinski definition) is 5. The third kappa shape index (κ3) is 3.36. The number of halogens is 2. The molecule has 28 heavy (non-hydrogen) atoms. The minimum absolute atomic E-state index is 0. The molecule has 9 heteroatoms. The van der Waals surface area contributed by atoms with Crippen molar-refractivity contribution in [2.75, 3.05) is 0 Å². The van der Waals surface area contributed by atoms with Gasteiger partial charge in [0.1, 0.15) is 23.4 Å². The quantitative estimate of drug-likeness (QED) is 0.453. The number of benzene rings is 1. The maximum absolute atomic E-state index is 14.3. The third-order valence-electron chi connectivity index (χ3n) is 4.11. The fourth-order valence-corrected chi connectivity index (χ4v) is 2.86. The standard InChI is InChI=1S/C19H11F2N5O.Na/c1-10-18(14-5-3-12(20)6-15(14)21)19-24-16(7-17(27)26(19)25-10)11-2-4-13(8-22)23-9-11;/h2-7,9,27H,1H3;/q;+1/p-1. The summed E-state index contributed by atoms with van der Waals surface area (Å²) in [6.07, 6.45) is 1.43. The maximum atomic E-state index is 14.3. The van der Waals surface area contributed by atoms with Crippen molar-refractivity contribution in [3.63, 3.8) is 0 Å². The summed E-state index contributed by atoms with van der Waals surface area (Å²) in [6.45, 7) is 1.62. The van der Waals surface area contributed by atoms with E-state index in [1.807, 2.05) is 6.07 Å². The minimum atomic E-state index is -0.771. The van der Waals surface area contributed by atoms with E-state index in [4.69, 9.17) is 5.26 Å². The van der Waals surface area contributed by atoms with Crippen LogP contribution in [-0.4, -0.2) is 19.6 Å². The Labute approximate surface area is 180 Å². The number of fused-ring (bicyclic) bond motifs is 1. The number of aromatic nitrogens is 4. The van der Waals surface area contributed by atoms with Crippen molar-refractivity contribution in [2.24, 2.45) is 0 Å². The van der Waals surface area contributed by atoms with Crippen LogP contribution < -0.4 is 34.7 Å². The van der Waals surface area contributed by atoms with Gasteiger partial charge in [0, 0.05) is 23.4 Å². The molecule has 0 saturated carbocycles. The van der Waals surface area contributed by atoms with Crippen LogP contribution >= 0.6 is 0 Å². The Hall–Kier alpha value is -2.86. The van der Waals surface area contributed by atoms with Gasteiger partial charge < -0.3 is 5.11 Å². The molecule has 0 unspecified atom stereocenters. The van der Waals surface area contributed by atoms with Crippen LogP contribution in [-0.2, 0) is 0 Å². The molecule has 0 aliphatic heterocycles. The Morgan fingerprint density at radius 3 is 2.57 bits per heavy atom. The molecule has 3 heterocycles. The molecular weight excluding hydrogens is 375 g/mol. The molecular formula is C19H10F2N5NaO. The van der Waals surface area contributed by atoms with Gasteiger partial charge in [0.15, 0.2) is 5.65 Å². The molecule has 0 saturated heterocycles. The van der Waals surface area contributed by atoms with Gasteiger partial charge in [-0.25, -0.2) is 23.3 Å². The van der Waals surface area contributed by atoms with E-state index < -0.39 is 17.5 Å². The van der Waals surface area contributed by atoms with Crippen molar-refractivity contribution in [1.82, 2.24) is 19.6 Å². The first-order valence-corrected chi connectivity index (χ1v) is 7.87. The molecule has 6 nitrogen and oxygen atoms in total. The first-order valence-electron chi connectivity index (χ1n) is 7.87. The number of aryl methyl sites for hydroxylation is 1. The van der Waals surface area contributed by atoms with Gasteiger partial charge >= 0.3 is 29.6 Å². The van der Waals surface area contributed by atoms with E-state index in [0.29, 0.717) is 22.5 Å². The molecule has 0 fully saturated rings. The Balaban J connectivity index is 0.00000225. The van der Waals surface area contributed by atoms with E-state index in [9.17, 15) is 13.9 Å². The summed E-state index contributed by atoms with van der Waals surface area (Å²) in [5, 5.41) is 25.4. The van der Waals surface area contributed by atoms with Crippen LogP contribution in [0.3, 0.4) is 0 Å². The average Bonchev–Trinajstić information content (AvgIpc) is 2.98. The normalized spacial score (nSPS) is 10.5. The van der Waals surface area contributed by atoms with E-state index in [0.717, 1.165) is 16.6 Å². The van der Waals surface area contributed by atoms with Crippen LogP contribution in [0, 0.1) is 29.9 Å². The topological polar surface area (TPSA) is 89.9 Å². The number of pyridine rings is 1. The fraction of sp³-hybridized carbons (Fsp3) is 0.0526. The molecule has 4 rings (SSSR count). The first-order chi connectivity index (χ1) is 13.0. The molecule has 0 atom stereocenters. The summed E-state index contributed by atoms with van der Waals surface area (Å²) in [5.74, 6) is -1.92. The molecule has 3 aromatic heterocycles. The smallest absolute Gasteiger partial charge is 0.858 e. The minimum Gasteiger partial charge on any atom is -0.858 e. The van der Waals surface area contributed by atoms with Crippen molar-refractivity contribution < 1.29 is 43.4 Å². The van der Waals surface area contributed by atoms with E-state index >= 15 is 0 Å². The van der Waals surface area contributed by atoms with Crippen LogP contribution in [0.2, 0.25) is 0 Å². The number of nitriles is 1. The molecule has 0 aliphatic rings. The van der Waals surface area contributed by atoms with Gasteiger partial charge in [0.2, 0.25) is 0 Å². The Bertz CT molecular complexity index is 1230. The molecule has 0 aliphatic carbocycles. The molecule has 0 radical (unpaired) electrons. The van der Waals surface area contributed by atoms with Crippen LogP contribution in [0.25, 0.3) is 28.0 Å². The predicted octanol–water partition coefficient (Wildman–Crippen LogP) is -0.00580. The summed E-state index contributed by atoms with van der Waals surface area (Å²) < 4.78 is 28.6. The second kappa shape index (κ2) is 7.64. The second-order valence-corrected chi connectivity index (χ2v) is 5.84. The van der Waals surface area contributed by atoms with Gasteiger partial charge in [-0.2, -0.15) is 10.4 Å². The Kier molecular flexibility index (Phi) is 5.42. The Morgan fingerprint density at radius 2 is 1.93 bits per heavy atom. The van der Waals surface area contributed by atoms with Gasteiger partial charge in [-0.1, -0.05) is 0 Å². The van der Waals surface area contributed by atoms with Gasteiger partial charge in [-0.05, 0) is 43.1 Å². The summed E-state index contributed by atoms with van der Waals surface area (Å²) >= 11 is 0. The van der Waals surface area contributed by atoms with Crippen LogP contribution in [0.5, 0.6) is 5.88 Å². The monoisotopic (exact) mass is 385 g/mol. The summed E-state index contributed by atoms with van der Waals surface area (Å²) in [7, 11) is 0. The van der Waals surface area contributed by atoms with Gasteiger partial charge in [-0.15, -0.1) is 0 Å². The van der Waals surface area contributed by atoms with Crippen molar-refractivity contribution in [2.45, 2.75) is 6.92 Å².